The number of hydrogen-bond acceptors (Lipinski definition) is 6. The number of benzene rings is 3. The Labute approximate surface area is 233 Å². The van der Waals surface area contributed by atoms with Gasteiger partial charge in [-0.2, -0.15) is 0 Å². The molecule has 3 aromatic carbocycles. The van der Waals surface area contributed by atoms with Crippen LogP contribution in [0.3, 0.4) is 0 Å². The number of ketones is 1. The predicted octanol–water partition coefficient (Wildman–Crippen LogP) is 6.68. The molecule has 1 unspecified atom stereocenters. The first-order chi connectivity index (χ1) is 18.5. The number of amides is 1. The summed E-state index contributed by atoms with van der Waals surface area (Å²) in [5.41, 5.74) is 2.26. The van der Waals surface area contributed by atoms with E-state index in [-0.39, 0.29) is 33.1 Å². The van der Waals surface area contributed by atoms with Crippen LogP contribution >= 0.6 is 11.6 Å². The van der Waals surface area contributed by atoms with Crippen LogP contribution < -0.4 is 19.1 Å². The molecule has 7 nitrogen and oxygen atoms in total. The highest BCUT2D eigenvalue weighted by atomic mass is 35.5. The van der Waals surface area contributed by atoms with Gasteiger partial charge in [-0.05, 0) is 53.8 Å². The monoisotopic (exact) mass is 549 g/mol. The average Bonchev–Trinajstić information content (AvgIpc) is 3.18. The lowest BCUT2D eigenvalue weighted by molar-refractivity contribution is -0.132. The van der Waals surface area contributed by atoms with Gasteiger partial charge in [-0.1, -0.05) is 56.6 Å². The van der Waals surface area contributed by atoms with Crippen LogP contribution in [-0.4, -0.2) is 37.6 Å². The molecule has 1 N–H and O–H groups in total. The molecule has 8 heteroatoms. The molecule has 0 radical (unpaired) electrons. The molecule has 1 heterocycles. The Morgan fingerprint density at radius 3 is 2.10 bits per heavy atom. The molecule has 0 bridgehead atoms. The van der Waals surface area contributed by atoms with E-state index in [1.165, 1.54) is 31.3 Å². The van der Waals surface area contributed by atoms with Gasteiger partial charge in [0.25, 0.3) is 11.7 Å². The quantitative estimate of drug-likeness (QED) is 0.201. The van der Waals surface area contributed by atoms with Gasteiger partial charge in [0.05, 0.1) is 43.0 Å². The van der Waals surface area contributed by atoms with Gasteiger partial charge in [0.15, 0.2) is 0 Å². The minimum atomic E-state index is -0.900. The summed E-state index contributed by atoms with van der Waals surface area (Å²) in [6, 6.07) is 16.7. The summed E-state index contributed by atoms with van der Waals surface area (Å²) >= 11 is 6.27. The number of Topliss-reactive ketones (excluding diaryl/α,β-unsaturated/α-hetero) is 1. The fourth-order valence-electron chi connectivity index (χ4n) is 4.64. The van der Waals surface area contributed by atoms with Gasteiger partial charge in [-0.15, -0.1) is 0 Å². The molecule has 0 aliphatic carbocycles. The topological polar surface area (TPSA) is 85.3 Å². The van der Waals surface area contributed by atoms with E-state index in [1.54, 1.807) is 24.3 Å². The molecule has 39 heavy (non-hydrogen) atoms. The molecule has 1 amide bonds. The number of hydrogen-bond donors (Lipinski definition) is 1. The van der Waals surface area contributed by atoms with Crippen LogP contribution in [0.4, 0.5) is 5.69 Å². The normalized spacial score (nSPS) is 16.9. The molecule has 0 saturated carbocycles. The average molecular weight is 550 g/mol. The first kappa shape index (κ1) is 28.0. The molecule has 0 aromatic heterocycles. The van der Waals surface area contributed by atoms with Crippen molar-refractivity contribution in [3.05, 3.63) is 87.9 Å². The van der Waals surface area contributed by atoms with Crippen molar-refractivity contribution in [2.75, 3.05) is 25.7 Å². The van der Waals surface area contributed by atoms with E-state index in [2.05, 4.69) is 20.8 Å². The lowest BCUT2D eigenvalue weighted by atomic mass is 9.85. The van der Waals surface area contributed by atoms with Crippen molar-refractivity contribution >= 4 is 34.7 Å². The number of aliphatic hydroxyl groups is 1. The van der Waals surface area contributed by atoms with E-state index in [4.69, 9.17) is 25.8 Å². The molecule has 1 atom stereocenters. The molecule has 1 aliphatic rings. The van der Waals surface area contributed by atoms with Crippen LogP contribution in [0.1, 0.15) is 50.4 Å². The van der Waals surface area contributed by atoms with Crippen molar-refractivity contribution in [2.24, 2.45) is 0 Å². The van der Waals surface area contributed by atoms with Gasteiger partial charge in [0.2, 0.25) is 0 Å². The summed E-state index contributed by atoms with van der Waals surface area (Å²) in [5.74, 6) is -0.814. The van der Waals surface area contributed by atoms with Crippen molar-refractivity contribution in [3.8, 4) is 17.2 Å². The first-order valence-corrected chi connectivity index (χ1v) is 13.0. The van der Waals surface area contributed by atoms with Gasteiger partial charge >= 0.3 is 0 Å². The van der Waals surface area contributed by atoms with Crippen LogP contribution in [0.5, 0.6) is 17.2 Å². The molecule has 1 fully saturated rings. The maximum absolute atomic E-state index is 13.6. The van der Waals surface area contributed by atoms with Gasteiger partial charge < -0.3 is 19.3 Å². The Kier molecular flexibility index (Phi) is 7.93. The summed E-state index contributed by atoms with van der Waals surface area (Å²) in [4.78, 5) is 28.5. The maximum Gasteiger partial charge on any atom is 0.300 e. The third-order valence-electron chi connectivity index (χ3n) is 6.69. The molecular weight excluding hydrogens is 518 g/mol. The van der Waals surface area contributed by atoms with E-state index in [9.17, 15) is 14.7 Å². The van der Waals surface area contributed by atoms with Crippen LogP contribution in [0, 0.1) is 0 Å². The Balaban J connectivity index is 1.95. The van der Waals surface area contributed by atoms with Crippen LogP contribution in [-0.2, 0) is 15.0 Å². The maximum atomic E-state index is 13.6. The number of aliphatic hydroxyl groups excluding tert-OH is 1. The number of halogens is 1. The second-order valence-corrected chi connectivity index (χ2v) is 10.6. The van der Waals surface area contributed by atoms with Gasteiger partial charge in [0.1, 0.15) is 23.0 Å². The third-order valence-corrected chi connectivity index (χ3v) is 6.99. The summed E-state index contributed by atoms with van der Waals surface area (Å²) in [6.07, 6.45) is 0. The number of carbonyl (C=O) groups is 2. The Bertz CT molecular complexity index is 1420. The third kappa shape index (κ3) is 5.32. The number of rotatable bonds is 7. The second-order valence-electron chi connectivity index (χ2n) is 10.2. The molecular formula is C31H32ClNO6. The van der Waals surface area contributed by atoms with Gasteiger partial charge in [0, 0.05) is 11.8 Å². The Morgan fingerprint density at radius 1 is 0.949 bits per heavy atom. The molecule has 0 spiro atoms. The second kappa shape index (κ2) is 11.0. The summed E-state index contributed by atoms with van der Waals surface area (Å²) in [7, 11) is 2.87. The minimum Gasteiger partial charge on any atom is -0.507 e. The zero-order valence-electron chi connectivity index (χ0n) is 22.9. The number of carbonyl (C=O) groups excluding carboxylic acids is 2. The standard InChI is InChI=1S/C31H32ClNO6/c1-7-39-21-14-12-20(13-15-21)33-27(18-8-10-19(11-9-18)31(2,3)4)26(29(35)30(33)36)28(34)22-16-25(38-6)23(32)17-24(22)37-5/h8-17,27,34H,7H2,1-6H3/b28-26+. The van der Waals surface area contributed by atoms with Crippen molar-refractivity contribution < 1.29 is 28.9 Å². The van der Waals surface area contributed by atoms with E-state index < -0.39 is 23.5 Å². The van der Waals surface area contributed by atoms with E-state index in [0.717, 1.165) is 5.56 Å². The highest BCUT2D eigenvalue weighted by molar-refractivity contribution is 6.51. The smallest absolute Gasteiger partial charge is 0.300 e. The summed E-state index contributed by atoms with van der Waals surface area (Å²) < 4.78 is 16.3. The fourth-order valence-corrected chi connectivity index (χ4v) is 4.87. The van der Waals surface area contributed by atoms with E-state index in [1.807, 2.05) is 31.2 Å². The lowest BCUT2D eigenvalue weighted by Gasteiger charge is -2.27. The zero-order chi connectivity index (χ0) is 28.5. The zero-order valence-corrected chi connectivity index (χ0v) is 23.6. The van der Waals surface area contributed by atoms with Crippen molar-refractivity contribution in [1.82, 2.24) is 0 Å². The highest BCUT2D eigenvalue weighted by Crippen LogP contribution is 2.45. The first-order valence-electron chi connectivity index (χ1n) is 12.6. The molecule has 1 aliphatic heterocycles. The van der Waals surface area contributed by atoms with Gasteiger partial charge in [-0.3, -0.25) is 14.5 Å². The fraction of sp³-hybridized carbons (Fsp3) is 0.290. The van der Waals surface area contributed by atoms with Crippen LogP contribution in [0.15, 0.2) is 66.2 Å². The van der Waals surface area contributed by atoms with E-state index >= 15 is 0 Å². The Morgan fingerprint density at radius 2 is 1.56 bits per heavy atom. The Hall–Kier alpha value is -3.97. The summed E-state index contributed by atoms with van der Waals surface area (Å²) in [5, 5.41) is 11.9. The van der Waals surface area contributed by atoms with E-state index in [0.29, 0.717) is 23.6 Å². The van der Waals surface area contributed by atoms with Crippen molar-refractivity contribution in [2.45, 2.75) is 39.2 Å². The van der Waals surface area contributed by atoms with Crippen LogP contribution in [0.2, 0.25) is 5.02 Å². The molecule has 4 rings (SSSR count). The SMILES string of the molecule is CCOc1ccc(N2C(=O)C(=O)/C(=C(/O)c3cc(OC)c(Cl)cc3OC)C2c2ccc(C(C)(C)C)cc2)cc1. The predicted molar refractivity (Wildman–Crippen MR) is 152 cm³/mol. The van der Waals surface area contributed by atoms with Crippen molar-refractivity contribution in [1.29, 1.82) is 0 Å². The van der Waals surface area contributed by atoms with Gasteiger partial charge in [-0.25, -0.2) is 0 Å². The number of ether oxygens (including phenoxy) is 3. The van der Waals surface area contributed by atoms with Crippen LogP contribution in [0.25, 0.3) is 5.76 Å². The lowest BCUT2D eigenvalue weighted by Crippen LogP contribution is -2.29. The molecule has 204 valence electrons. The van der Waals surface area contributed by atoms with Crippen molar-refractivity contribution in [3.63, 3.8) is 0 Å². The largest absolute Gasteiger partial charge is 0.507 e. The number of methoxy groups -OCH3 is 2. The number of anilines is 1. The number of nitrogens with zero attached hydrogens (tertiary/aromatic N) is 1. The highest BCUT2D eigenvalue weighted by Gasteiger charge is 2.47. The summed E-state index contributed by atoms with van der Waals surface area (Å²) in [6.45, 7) is 8.70. The minimum absolute atomic E-state index is 0.0694. The molecule has 1 saturated heterocycles. The molecule has 3 aromatic rings.